The Morgan fingerprint density at radius 3 is 2.20 bits per heavy atom. The predicted molar refractivity (Wildman–Crippen MR) is 65.4 cm³/mol. The van der Waals surface area contributed by atoms with Crippen LogP contribution in [0, 0.1) is 23.5 Å². The first-order valence-corrected chi connectivity index (χ1v) is 6.54. The molecule has 1 fully saturated rings. The molecule has 2 rings (SSSR count). The summed E-state index contributed by atoms with van der Waals surface area (Å²) in [5.74, 6) is -6.34. The number of rotatable bonds is 3. The fourth-order valence-corrected chi connectivity index (χ4v) is 2.52. The lowest BCUT2D eigenvalue weighted by Crippen LogP contribution is -2.35. The molecule has 0 saturated heterocycles. The monoisotopic (exact) mass is 292 g/mol. The topological polar surface area (TPSA) is 34.1 Å². The molecule has 1 heterocycles. The molecule has 7 heteroatoms. The van der Waals surface area contributed by atoms with Gasteiger partial charge in [0, 0.05) is 7.11 Å². The van der Waals surface area contributed by atoms with Crippen LogP contribution in [0.5, 0.6) is 0 Å². The van der Waals surface area contributed by atoms with Gasteiger partial charge in [-0.1, -0.05) is 19.3 Å². The summed E-state index contributed by atoms with van der Waals surface area (Å²) in [6.07, 6.45) is 3.88. The molecule has 3 nitrogen and oxygen atoms in total. The van der Waals surface area contributed by atoms with Crippen LogP contribution in [0.4, 0.5) is 23.2 Å². The molecule has 20 heavy (non-hydrogen) atoms. The normalized spacial score (nSPS) is 23.4. The maximum Gasteiger partial charge on any atom is 0.253 e. The Kier molecular flexibility index (Phi) is 4.80. The van der Waals surface area contributed by atoms with E-state index in [0.29, 0.717) is 6.42 Å². The van der Waals surface area contributed by atoms with Gasteiger partial charge in [0.15, 0.2) is 0 Å². The van der Waals surface area contributed by atoms with Crippen molar-refractivity contribution in [3.8, 4) is 0 Å². The van der Waals surface area contributed by atoms with Crippen LogP contribution in [0.1, 0.15) is 32.1 Å². The van der Waals surface area contributed by atoms with Crippen LogP contribution in [0.15, 0.2) is 0 Å². The Morgan fingerprint density at radius 2 is 1.60 bits per heavy atom. The molecular weight excluding hydrogens is 276 g/mol. The van der Waals surface area contributed by atoms with Crippen LogP contribution in [0.3, 0.4) is 0 Å². The van der Waals surface area contributed by atoms with Gasteiger partial charge in [0.05, 0.1) is 12.1 Å². The van der Waals surface area contributed by atoms with Gasteiger partial charge in [0.2, 0.25) is 11.6 Å². The molecule has 1 aromatic heterocycles. The highest BCUT2D eigenvalue weighted by atomic mass is 19.2. The summed E-state index contributed by atoms with van der Waals surface area (Å²) in [5.41, 5.74) is -0.816. The number of nitrogens with zero attached hydrogens (tertiary/aromatic N) is 1. The van der Waals surface area contributed by atoms with Gasteiger partial charge in [-0.05, 0) is 12.8 Å². The number of aromatic nitrogens is 1. The van der Waals surface area contributed by atoms with Crippen LogP contribution >= 0.6 is 0 Å². The van der Waals surface area contributed by atoms with Gasteiger partial charge >= 0.3 is 0 Å². The molecule has 0 bridgehead atoms. The largest absolute Gasteiger partial charge is 0.379 e. The molecule has 0 amide bonds. The second-order valence-corrected chi connectivity index (χ2v) is 4.86. The maximum atomic E-state index is 13.6. The van der Waals surface area contributed by atoms with Gasteiger partial charge < -0.3 is 10.1 Å². The quantitative estimate of drug-likeness (QED) is 0.527. The van der Waals surface area contributed by atoms with Crippen LogP contribution < -0.4 is 5.32 Å². The van der Waals surface area contributed by atoms with Crippen molar-refractivity contribution in [2.45, 2.75) is 44.2 Å². The van der Waals surface area contributed by atoms with Crippen LogP contribution in [0.2, 0.25) is 0 Å². The fourth-order valence-electron chi connectivity index (χ4n) is 2.52. The highest BCUT2D eigenvalue weighted by molar-refractivity contribution is 5.46. The number of ether oxygens (including phenoxy) is 1. The average Bonchev–Trinajstić information content (AvgIpc) is 2.66. The van der Waals surface area contributed by atoms with E-state index in [1.165, 1.54) is 7.11 Å². The zero-order chi connectivity index (χ0) is 14.7. The Hall–Kier alpha value is -1.37. The van der Waals surface area contributed by atoms with Crippen molar-refractivity contribution in [3.05, 3.63) is 23.5 Å². The number of nitrogens with one attached hydrogen (secondary N) is 1. The molecule has 1 aliphatic rings. The van der Waals surface area contributed by atoms with Crippen LogP contribution in [-0.2, 0) is 4.74 Å². The Balaban J connectivity index is 2.28. The van der Waals surface area contributed by atoms with Gasteiger partial charge in [-0.2, -0.15) is 22.5 Å². The number of pyridine rings is 1. The third-order valence-corrected chi connectivity index (χ3v) is 3.58. The summed E-state index contributed by atoms with van der Waals surface area (Å²) in [4.78, 5) is 2.53. The van der Waals surface area contributed by atoms with Gasteiger partial charge in [0.25, 0.3) is 11.9 Å². The summed E-state index contributed by atoms with van der Waals surface area (Å²) < 4.78 is 58.6. The molecule has 1 N–H and O–H groups in total. The molecule has 0 radical (unpaired) electrons. The van der Waals surface area contributed by atoms with Crippen LogP contribution in [-0.4, -0.2) is 24.2 Å². The molecule has 0 unspecified atom stereocenters. The van der Waals surface area contributed by atoms with Crippen LogP contribution in [0.25, 0.3) is 0 Å². The number of halogens is 4. The molecule has 0 spiro atoms. The molecular formula is C13H16F4N2O. The first-order chi connectivity index (χ1) is 9.54. The number of methoxy groups -OCH3 is 1. The van der Waals surface area contributed by atoms with Crippen molar-refractivity contribution >= 4 is 5.69 Å². The van der Waals surface area contributed by atoms with E-state index >= 15 is 0 Å². The Labute approximate surface area is 114 Å². The SMILES string of the molecule is CO[C@@H]1CCCCC[C@@H]1Nc1c(F)c(F)nc(F)c1F. The van der Waals surface area contributed by atoms with E-state index in [9.17, 15) is 17.6 Å². The summed E-state index contributed by atoms with van der Waals surface area (Å²) in [6.45, 7) is 0. The molecule has 1 saturated carbocycles. The number of anilines is 1. The summed E-state index contributed by atoms with van der Waals surface area (Å²) in [5, 5.41) is 2.55. The van der Waals surface area contributed by atoms with Gasteiger partial charge in [-0.15, -0.1) is 0 Å². The van der Waals surface area contributed by atoms with Crippen molar-refractivity contribution in [2.75, 3.05) is 12.4 Å². The van der Waals surface area contributed by atoms with E-state index in [1.54, 1.807) is 0 Å². The van der Waals surface area contributed by atoms with Gasteiger partial charge in [0.1, 0.15) is 5.69 Å². The maximum absolute atomic E-state index is 13.6. The Bertz CT molecular complexity index is 458. The van der Waals surface area contributed by atoms with Crippen molar-refractivity contribution in [1.29, 1.82) is 0 Å². The number of hydrogen-bond donors (Lipinski definition) is 1. The second kappa shape index (κ2) is 6.39. The molecule has 1 aliphatic carbocycles. The molecule has 0 aromatic carbocycles. The summed E-state index contributed by atoms with van der Waals surface area (Å²) in [6, 6.07) is -0.396. The summed E-state index contributed by atoms with van der Waals surface area (Å²) >= 11 is 0. The summed E-state index contributed by atoms with van der Waals surface area (Å²) in [7, 11) is 1.51. The van der Waals surface area contributed by atoms with Gasteiger partial charge in [-0.3, -0.25) is 0 Å². The van der Waals surface area contributed by atoms with Gasteiger partial charge in [-0.25, -0.2) is 0 Å². The van der Waals surface area contributed by atoms with Crippen molar-refractivity contribution in [3.63, 3.8) is 0 Å². The van der Waals surface area contributed by atoms with Crippen molar-refractivity contribution < 1.29 is 22.3 Å². The molecule has 0 aliphatic heterocycles. The zero-order valence-electron chi connectivity index (χ0n) is 11.1. The molecule has 2 atom stereocenters. The van der Waals surface area contributed by atoms with E-state index in [1.807, 2.05) is 0 Å². The lowest BCUT2D eigenvalue weighted by Gasteiger charge is -2.26. The van der Waals surface area contributed by atoms with E-state index in [4.69, 9.17) is 4.74 Å². The lowest BCUT2D eigenvalue weighted by atomic mass is 10.1. The van der Waals surface area contributed by atoms with E-state index in [-0.39, 0.29) is 6.10 Å². The third-order valence-electron chi connectivity index (χ3n) is 3.58. The standard InChI is InChI=1S/C13H16F4N2O/c1-20-8-6-4-2-3-5-7(8)18-11-9(14)12(16)19-13(17)10(11)15/h7-8H,2-6H2,1H3,(H,18,19)/t7-,8+/m0/s1. The molecule has 1 aromatic rings. The minimum Gasteiger partial charge on any atom is -0.379 e. The lowest BCUT2D eigenvalue weighted by molar-refractivity contribution is 0.0804. The fraction of sp³-hybridized carbons (Fsp3) is 0.615. The van der Waals surface area contributed by atoms with Crippen molar-refractivity contribution in [2.24, 2.45) is 0 Å². The highest BCUT2D eigenvalue weighted by Crippen LogP contribution is 2.27. The smallest absolute Gasteiger partial charge is 0.253 e. The Morgan fingerprint density at radius 1 is 1.00 bits per heavy atom. The molecule has 112 valence electrons. The predicted octanol–water partition coefficient (Wildman–Crippen LogP) is 3.40. The minimum absolute atomic E-state index is 0.254. The number of hydrogen-bond acceptors (Lipinski definition) is 3. The van der Waals surface area contributed by atoms with E-state index in [0.717, 1.165) is 25.7 Å². The first-order valence-electron chi connectivity index (χ1n) is 6.54. The average molecular weight is 292 g/mol. The minimum atomic E-state index is -1.66. The third kappa shape index (κ3) is 3.03. The van der Waals surface area contributed by atoms with E-state index < -0.39 is 35.3 Å². The highest BCUT2D eigenvalue weighted by Gasteiger charge is 2.28. The zero-order valence-corrected chi connectivity index (χ0v) is 11.1. The van der Waals surface area contributed by atoms with E-state index in [2.05, 4.69) is 10.3 Å². The first kappa shape index (κ1) is 15.0. The second-order valence-electron chi connectivity index (χ2n) is 4.86. The van der Waals surface area contributed by atoms with Crippen molar-refractivity contribution in [1.82, 2.24) is 4.98 Å².